The Morgan fingerprint density at radius 1 is 1.40 bits per heavy atom. The highest BCUT2D eigenvalue weighted by Gasteiger charge is 2.05. The van der Waals surface area contributed by atoms with Crippen molar-refractivity contribution in [1.29, 1.82) is 0 Å². The third-order valence-electron chi connectivity index (χ3n) is 2.24. The minimum Gasteiger partial charge on any atom is -0.301 e. The van der Waals surface area contributed by atoms with Gasteiger partial charge in [0.1, 0.15) is 0 Å². The number of hydrogen-bond acceptors (Lipinski definition) is 1. The van der Waals surface area contributed by atoms with Gasteiger partial charge >= 0.3 is 0 Å². The summed E-state index contributed by atoms with van der Waals surface area (Å²) >= 11 is 11.9. The minimum absolute atomic E-state index is 0.184. The van der Waals surface area contributed by atoms with Crippen LogP contribution >= 0.6 is 23.2 Å². The molecule has 1 nitrogen and oxygen atoms in total. The molecule has 0 N–H and O–H groups in total. The van der Waals surface area contributed by atoms with E-state index in [1.54, 1.807) is 0 Å². The average Bonchev–Trinajstić information content (AvgIpc) is 2.10. The molecule has 0 saturated carbocycles. The SMILES string of the molecule is Cc1cc(CN(C)CC(C)Cl)ccc1Cl. The summed E-state index contributed by atoms with van der Waals surface area (Å²) in [6, 6.07) is 6.13. The Balaban J connectivity index is 2.60. The van der Waals surface area contributed by atoms with E-state index in [1.165, 1.54) is 5.56 Å². The van der Waals surface area contributed by atoms with Gasteiger partial charge in [0.2, 0.25) is 0 Å². The van der Waals surface area contributed by atoms with Gasteiger partial charge in [-0.25, -0.2) is 0 Å². The zero-order valence-corrected chi connectivity index (χ0v) is 10.9. The van der Waals surface area contributed by atoms with Crippen LogP contribution in [0.2, 0.25) is 5.02 Å². The number of benzene rings is 1. The van der Waals surface area contributed by atoms with Gasteiger partial charge in [-0.2, -0.15) is 0 Å². The van der Waals surface area contributed by atoms with E-state index in [4.69, 9.17) is 23.2 Å². The van der Waals surface area contributed by atoms with Gasteiger partial charge in [-0.15, -0.1) is 11.6 Å². The second kappa shape index (κ2) is 5.74. The molecule has 0 bridgehead atoms. The lowest BCUT2D eigenvalue weighted by Crippen LogP contribution is -2.24. The first-order valence-electron chi connectivity index (χ1n) is 5.06. The molecule has 0 saturated heterocycles. The van der Waals surface area contributed by atoms with Crippen molar-refractivity contribution in [1.82, 2.24) is 4.90 Å². The second-order valence-corrected chi connectivity index (χ2v) is 5.21. The summed E-state index contributed by atoms with van der Waals surface area (Å²) in [4.78, 5) is 2.21. The Morgan fingerprint density at radius 3 is 2.60 bits per heavy atom. The smallest absolute Gasteiger partial charge is 0.0435 e. The number of hydrogen-bond donors (Lipinski definition) is 0. The van der Waals surface area contributed by atoms with E-state index in [0.29, 0.717) is 0 Å². The molecule has 0 fully saturated rings. The van der Waals surface area contributed by atoms with Crippen LogP contribution in [-0.4, -0.2) is 23.9 Å². The molecule has 84 valence electrons. The lowest BCUT2D eigenvalue weighted by molar-refractivity contribution is 0.330. The van der Waals surface area contributed by atoms with Gasteiger partial charge in [0.25, 0.3) is 0 Å². The fraction of sp³-hybridized carbons (Fsp3) is 0.500. The molecule has 1 unspecified atom stereocenters. The molecule has 0 amide bonds. The van der Waals surface area contributed by atoms with Crippen molar-refractivity contribution in [3.8, 4) is 0 Å². The van der Waals surface area contributed by atoms with Crippen molar-refractivity contribution in [2.75, 3.05) is 13.6 Å². The topological polar surface area (TPSA) is 3.24 Å². The maximum absolute atomic E-state index is 5.97. The number of nitrogens with zero attached hydrogens (tertiary/aromatic N) is 1. The largest absolute Gasteiger partial charge is 0.301 e. The summed E-state index contributed by atoms with van der Waals surface area (Å²) in [5.41, 5.74) is 2.40. The zero-order chi connectivity index (χ0) is 11.4. The molecule has 0 spiro atoms. The van der Waals surface area contributed by atoms with E-state index in [2.05, 4.69) is 24.1 Å². The highest BCUT2D eigenvalue weighted by Crippen LogP contribution is 2.17. The second-order valence-electron chi connectivity index (χ2n) is 4.06. The van der Waals surface area contributed by atoms with Crippen molar-refractivity contribution in [3.05, 3.63) is 34.3 Å². The van der Waals surface area contributed by atoms with Crippen LogP contribution in [0.1, 0.15) is 18.1 Å². The maximum atomic E-state index is 5.97. The Hall–Kier alpha value is -0.240. The van der Waals surface area contributed by atoms with E-state index < -0.39 is 0 Å². The monoisotopic (exact) mass is 245 g/mol. The van der Waals surface area contributed by atoms with Gasteiger partial charge < -0.3 is 4.90 Å². The van der Waals surface area contributed by atoms with Crippen LogP contribution in [0.3, 0.4) is 0 Å². The number of halogens is 2. The van der Waals surface area contributed by atoms with Gasteiger partial charge in [0.05, 0.1) is 0 Å². The highest BCUT2D eigenvalue weighted by atomic mass is 35.5. The summed E-state index contributed by atoms with van der Waals surface area (Å²) in [7, 11) is 2.07. The summed E-state index contributed by atoms with van der Waals surface area (Å²) in [6.07, 6.45) is 0. The first-order chi connectivity index (χ1) is 6.99. The molecule has 0 heterocycles. The molecule has 0 radical (unpaired) electrons. The van der Waals surface area contributed by atoms with E-state index in [1.807, 2.05) is 19.9 Å². The van der Waals surface area contributed by atoms with Gasteiger partial charge in [-0.3, -0.25) is 0 Å². The van der Waals surface area contributed by atoms with Crippen LogP contribution in [0, 0.1) is 6.92 Å². The molecular weight excluding hydrogens is 229 g/mol. The quantitative estimate of drug-likeness (QED) is 0.732. The third-order valence-corrected chi connectivity index (χ3v) is 2.80. The standard InChI is InChI=1S/C12H17Cl2N/c1-9-6-11(4-5-12(9)14)8-15(3)7-10(2)13/h4-6,10H,7-8H2,1-3H3. The van der Waals surface area contributed by atoms with Gasteiger partial charge in [0.15, 0.2) is 0 Å². The molecule has 1 rings (SSSR count). The average molecular weight is 246 g/mol. The van der Waals surface area contributed by atoms with Gasteiger partial charge in [-0.1, -0.05) is 23.7 Å². The Labute approximate surface area is 102 Å². The molecule has 15 heavy (non-hydrogen) atoms. The Bertz CT molecular complexity index is 323. The molecule has 0 aliphatic heterocycles. The molecule has 0 aliphatic carbocycles. The van der Waals surface area contributed by atoms with Crippen LogP contribution < -0.4 is 0 Å². The molecule has 0 aromatic heterocycles. The number of aryl methyl sites for hydroxylation is 1. The van der Waals surface area contributed by atoms with E-state index in [0.717, 1.165) is 23.7 Å². The molecule has 1 aromatic rings. The highest BCUT2D eigenvalue weighted by molar-refractivity contribution is 6.31. The van der Waals surface area contributed by atoms with Gasteiger partial charge in [0, 0.05) is 23.5 Å². The Morgan fingerprint density at radius 2 is 2.07 bits per heavy atom. The third kappa shape index (κ3) is 4.42. The summed E-state index contributed by atoms with van der Waals surface area (Å²) in [5, 5.41) is 1.01. The predicted octanol–water partition coefficient (Wildman–Crippen LogP) is 3.71. The number of rotatable bonds is 4. The molecule has 1 aromatic carbocycles. The molecule has 0 aliphatic rings. The number of alkyl halides is 1. The van der Waals surface area contributed by atoms with E-state index >= 15 is 0 Å². The first-order valence-corrected chi connectivity index (χ1v) is 5.88. The first kappa shape index (κ1) is 12.8. The van der Waals surface area contributed by atoms with Crippen molar-refractivity contribution < 1.29 is 0 Å². The van der Waals surface area contributed by atoms with E-state index in [9.17, 15) is 0 Å². The van der Waals surface area contributed by atoms with Crippen LogP contribution in [-0.2, 0) is 6.54 Å². The normalized spacial score (nSPS) is 13.2. The minimum atomic E-state index is 0.184. The summed E-state index contributed by atoms with van der Waals surface area (Å²) in [5.74, 6) is 0. The van der Waals surface area contributed by atoms with Gasteiger partial charge in [-0.05, 0) is 38.1 Å². The van der Waals surface area contributed by atoms with Crippen LogP contribution in [0.15, 0.2) is 18.2 Å². The van der Waals surface area contributed by atoms with Crippen molar-refractivity contribution >= 4 is 23.2 Å². The fourth-order valence-corrected chi connectivity index (χ4v) is 1.96. The summed E-state index contributed by atoms with van der Waals surface area (Å²) < 4.78 is 0. The molecular formula is C12H17Cl2N. The lowest BCUT2D eigenvalue weighted by atomic mass is 10.1. The van der Waals surface area contributed by atoms with E-state index in [-0.39, 0.29) is 5.38 Å². The molecule has 1 atom stereocenters. The zero-order valence-electron chi connectivity index (χ0n) is 9.43. The van der Waals surface area contributed by atoms with Crippen LogP contribution in [0.5, 0.6) is 0 Å². The predicted molar refractivity (Wildman–Crippen MR) is 67.8 cm³/mol. The Kier molecular flexibility index (Phi) is 4.91. The van der Waals surface area contributed by atoms with Crippen LogP contribution in [0.25, 0.3) is 0 Å². The maximum Gasteiger partial charge on any atom is 0.0435 e. The summed E-state index contributed by atoms with van der Waals surface area (Å²) in [6.45, 7) is 5.83. The fourth-order valence-electron chi connectivity index (χ4n) is 1.61. The van der Waals surface area contributed by atoms with Crippen LogP contribution in [0.4, 0.5) is 0 Å². The van der Waals surface area contributed by atoms with Crippen molar-refractivity contribution in [3.63, 3.8) is 0 Å². The van der Waals surface area contributed by atoms with Crippen molar-refractivity contribution in [2.24, 2.45) is 0 Å². The van der Waals surface area contributed by atoms with Crippen molar-refractivity contribution in [2.45, 2.75) is 25.8 Å². The lowest BCUT2D eigenvalue weighted by Gasteiger charge is -2.18. The molecule has 3 heteroatoms.